The van der Waals surface area contributed by atoms with E-state index in [4.69, 9.17) is 23.2 Å². The minimum absolute atomic E-state index is 0.0565. The number of hydrogen-bond donors (Lipinski definition) is 1. The number of nitrogens with zero attached hydrogens (tertiary/aromatic N) is 1. The smallest absolute Gasteiger partial charge is 0.270 e. The van der Waals surface area contributed by atoms with Crippen molar-refractivity contribution in [1.82, 2.24) is 0 Å². The molecule has 2 aromatic carbocycles. The van der Waals surface area contributed by atoms with Gasteiger partial charge in [0, 0.05) is 17.7 Å². The number of nitro benzene ring substituents is 1. The molecule has 18 heavy (non-hydrogen) atoms. The van der Waals surface area contributed by atoms with Crippen molar-refractivity contribution in [2.24, 2.45) is 0 Å². The van der Waals surface area contributed by atoms with Crippen LogP contribution < -0.4 is 0 Å². The molecule has 0 atom stereocenters. The van der Waals surface area contributed by atoms with Crippen LogP contribution in [0.1, 0.15) is 0 Å². The van der Waals surface area contributed by atoms with Crippen LogP contribution in [0.4, 0.5) is 5.69 Å². The van der Waals surface area contributed by atoms with Crippen LogP contribution in [0.5, 0.6) is 5.75 Å². The Morgan fingerprint density at radius 3 is 2.39 bits per heavy atom. The second kappa shape index (κ2) is 4.84. The van der Waals surface area contributed by atoms with Crippen molar-refractivity contribution in [2.45, 2.75) is 0 Å². The van der Waals surface area contributed by atoms with Crippen LogP contribution in [0.3, 0.4) is 0 Å². The molecule has 0 bridgehead atoms. The molecule has 0 aliphatic rings. The van der Waals surface area contributed by atoms with Crippen molar-refractivity contribution in [2.75, 3.05) is 0 Å². The molecule has 0 aliphatic heterocycles. The first-order chi connectivity index (χ1) is 8.49. The van der Waals surface area contributed by atoms with E-state index in [1.54, 1.807) is 18.2 Å². The van der Waals surface area contributed by atoms with Crippen molar-refractivity contribution in [3.8, 4) is 16.9 Å². The first kappa shape index (κ1) is 12.7. The highest BCUT2D eigenvalue weighted by atomic mass is 35.5. The van der Waals surface area contributed by atoms with Crippen molar-refractivity contribution in [1.29, 1.82) is 0 Å². The summed E-state index contributed by atoms with van der Waals surface area (Å²) in [5.74, 6) is -0.0565. The van der Waals surface area contributed by atoms with E-state index in [1.165, 1.54) is 18.2 Å². The van der Waals surface area contributed by atoms with Gasteiger partial charge in [-0.1, -0.05) is 29.3 Å². The molecule has 0 heterocycles. The fraction of sp³-hybridized carbons (Fsp3) is 0. The molecule has 0 aromatic heterocycles. The molecule has 0 saturated heterocycles. The standard InChI is InChI=1S/C12H7Cl2NO3/c13-10-3-1-7(5-11(10)14)9-6-8(15(17)18)2-4-12(9)16/h1-6,16H. The number of hydrogen-bond acceptors (Lipinski definition) is 3. The topological polar surface area (TPSA) is 63.4 Å². The highest BCUT2D eigenvalue weighted by molar-refractivity contribution is 6.42. The third kappa shape index (κ3) is 2.39. The van der Waals surface area contributed by atoms with Crippen molar-refractivity contribution >= 4 is 28.9 Å². The fourth-order valence-corrected chi connectivity index (χ4v) is 1.83. The van der Waals surface area contributed by atoms with Gasteiger partial charge in [0.25, 0.3) is 5.69 Å². The van der Waals surface area contributed by atoms with Crippen LogP contribution in [-0.4, -0.2) is 10.0 Å². The average molecular weight is 284 g/mol. The average Bonchev–Trinajstić information content (AvgIpc) is 2.33. The fourth-order valence-electron chi connectivity index (χ4n) is 1.53. The summed E-state index contributed by atoms with van der Waals surface area (Å²) < 4.78 is 0. The van der Waals surface area contributed by atoms with Crippen LogP contribution >= 0.6 is 23.2 Å². The van der Waals surface area contributed by atoms with Crippen LogP contribution in [0.2, 0.25) is 10.0 Å². The Morgan fingerprint density at radius 2 is 1.78 bits per heavy atom. The second-order valence-electron chi connectivity index (χ2n) is 3.59. The first-order valence-electron chi connectivity index (χ1n) is 4.92. The zero-order valence-electron chi connectivity index (χ0n) is 8.93. The van der Waals surface area contributed by atoms with Gasteiger partial charge in [-0.15, -0.1) is 0 Å². The third-order valence-electron chi connectivity index (χ3n) is 2.42. The zero-order chi connectivity index (χ0) is 13.3. The van der Waals surface area contributed by atoms with E-state index in [0.717, 1.165) is 0 Å². The molecule has 0 amide bonds. The molecule has 92 valence electrons. The van der Waals surface area contributed by atoms with Crippen LogP contribution in [-0.2, 0) is 0 Å². The number of rotatable bonds is 2. The molecule has 4 nitrogen and oxygen atoms in total. The van der Waals surface area contributed by atoms with Gasteiger partial charge >= 0.3 is 0 Å². The minimum Gasteiger partial charge on any atom is -0.507 e. The van der Waals surface area contributed by atoms with E-state index in [0.29, 0.717) is 21.2 Å². The number of benzene rings is 2. The Hall–Kier alpha value is -1.78. The number of halogens is 2. The van der Waals surface area contributed by atoms with Crippen LogP contribution in [0, 0.1) is 10.1 Å². The summed E-state index contributed by atoms with van der Waals surface area (Å²) in [5, 5.41) is 21.1. The maximum absolute atomic E-state index is 10.7. The summed E-state index contributed by atoms with van der Waals surface area (Å²) in [6.45, 7) is 0. The molecule has 0 unspecified atom stereocenters. The third-order valence-corrected chi connectivity index (χ3v) is 3.16. The van der Waals surface area contributed by atoms with E-state index in [1.807, 2.05) is 0 Å². The monoisotopic (exact) mass is 283 g/mol. The number of phenols is 1. The lowest BCUT2D eigenvalue weighted by molar-refractivity contribution is -0.384. The summed E-state index contributed by atoms with van der Waals surface area (Å²) in [5.41, 5.74) is 0.794. The quantitative estimate of drug-likeness (QED) is 0.661. The predicted octanol–water partition coefficient (Wildman–Crippen LogP) is 4.27. The van der Waals surface area contributed by atoms with Crippen LogP contribution in [0.15, 0.2) is 36.4 Å². The molecule has 6 heteroatoms. The van der Waals surface area contributed by atoms with E-state index in [-0.39, 0.29) is 11.4 Å². The van der Waals surface area contributed by atoms with Gasteiger partial charge in [-0.05, 0) is 23.8 Å². The Morgan fingerprint density at radius 1 is 1.06 bits per heavy atom. The Labute approximate surface area is 113 Å². The van der Waals surface area contributed by atoms with Crippen molar-refractivity contribution < 1.29 is 10.0 Å². The molecular weight excluding hydrogens is 277 g/mol. The lowest BCUT2D eigenvalue weighted by Gasteiger charge is -2.06. The van der Waals surface area contributed by atoms with Gasteiger partial charge in [-0.25, -0.2) is 0 Å². The Kier molecular flexibility index (Phi) is 3.41. The largest absolute Gasteiger partial charge is 0.507 e. The molecule has 0 fully saturated rings. The number of phenolic OH excluding ortho intramolecular Hbond substituents is 1. The van der Waals surface area contributed by atoms with Gasteiger partial charge in [-0.2, -0.15) is 0 Å². The lowest BCUT2D eigenvalue weighted by atomic mass is 10.0. The Bertz CT molecular complexity index is 629. The molecule has 1 N–H and O–H groups in total. The van der Waals surface area contributed by atoms with Gasteiger partial charge in [0.2, 0.25) is 0 Å². The molecule has 2 rings (SSSR count). The van der Waals surface area contributed by atoms with E-state index < -0.39 is 4.92 Å². The zero-order valence-corrected chi connectivity index (χ0v) is 10.4. The maximum Gasteiger partial charge on any atom is 0.270 e. The van der Waals surface area contributed by atoms with Gasteiger partial charge in [-0.3, -0.25) is 10.1 Å². The van der Waals surface area contributed by atoms with E-state index in [2.05, 4.69) is 0 Å². The van der Waals surface area contributed by atoms with Crippen LogP contribution in [0.25, 0.3) is 11.1 Å². The van der Waals surface area contributed by atoms with Gasteiger partial charge in [0.05, 0.1) is 15.0 Å². The summed E-state index contributed by atoms with van der Waals surface area (Å²) in [6, 6.07) is 8.54. The molecule has 0 saturated carbocycles. The van der Waals surface area contributed by atoms with E-state index in [9.17, 15) is 15.2 Å². The lowest BCUT2D eigenvalue weighted by Crippen LogP contribution is -1.89. The highest BCUT2D eigenvalue weighted by Gasteiger charge is 2.12. The van der Waals surface area contributed by atoms with Crippen molar-refractivity contribution in [3.63, 3.8) is 0 Å². The van der Waals surface area contributed by atoms with Gasteiger partial charge < -0.3 is 5.11 Å². The minimum atomic E-state index is -0.527. The molecule has 0 radical (unpaired) electrons. The summed E-state index contributed by atoms with van der Waals surface area (Å²) in [6.07, 6.45) is 0. The number of nitro groups is 1. The molecule has 2 aromatic rings. The molecule has 0 spiro atoms. The Balaban J connectivity index is 2.58. The summed E-state index contributed by atoms with van der Waals surface area (Å²) in [4.78, 5) is 10.2. The molecular formula is C12H7Cl2NO3. The van der Waals surface area contributed by atoms with Crippen molar-refractivity contribution in [3.05, 3.63) is 56.6 Å². The first-order valence-corrected chi connectivity index (χ1v) is 5.67. The summed E-state index contributed by atoms with van der Waals surface area (Å²) >= 11 is 11.7. The van der Waals surface area contributed by atoms with Gasteiger partial charge in [0.1, 0.15) is 5.75 Å². The highest BCUT2D eigenvalue weighted by Crippen LogP contribution is 2.35. The van der Waals surface area contributed by atoms with Gasteiger partial charge in [0.15, 0.2) is 0 Å². The molecule has 0 aliphatic carbocycles. The summed E-state index contributed by atoms with van der Waals surface area (Å²) in [7, 11) is 0. The second-order valence-corrected chi connectivity index (χ2v) is 4.40. The maximum atomic E-state index is 10.7. The number of non-ortho nitro benzene ring substituents is 1. The van der Waals surface area contributed by atoms with E-state index >= 15 is 0 Å². The SMILES string of the molecule is O=[N+]([O-])c1ccc(O)c(-c2ccc(Cl)c(Cl)c2)c1. The predicted molar refractivity (Wildman–Crippen MR) is 70.2 cm³/mol. The normalized spacial score (nSPS) is 10.3. The number of aromatic hydroxyl groups is 1.